The van der Waals surface area contributed by atoms with Crippen molar-refractivity contribution in [3.63, 3.8) is 0 Å². The van der Waals surface area contributed by atoms with Crippen LogP contribution in [0.5, 0.6) is 0 Å². The molecule has 0 saturated carbocycles. The van der Waals surface area contributed by atoms with Gasteiger partial charge in [-0.2, -0.15) is 0 Å². The predicted molar refractivity (Wildman–Crippen MR) is 110 cm³/mol. The highest BCUT2D eigenvalue weighted by Crippen LogP contribution is 2.48. The Morgan fingerprint density at radius 2 is 1.73 bits per heavy atom. The third kappa shape index (κ3) is 3.66. The highest BCUT2D eigenvalue weighted by Gasteiger charge is 2.23. The highest BCUT2D eigenvalue weighted by molar-refractivity contribution is 7.99. The van der Waals surface area contributed by atoms with Crippen LogP contribution in [0.4, 0.5) is 11.4 Å². The lowest BCUT2D eigenvalue weighted by atomic mass is 10.2. The van der Waals surface area contributed by atoms with E-state index < -0.39 is 0 Å². The molecule has 5 heteroatoms. The first-order valence-electron chi connectivity index (χ1n) is 9.02. The first-order valence-corrected chi connectivity index (χ1v) is 10.2. The van der Waals surface area contributed by atoms with Gasteiger partial charge >= 0.3 is 0 Å². The Morgan fingerprint density at radius 3 is 2.54 bits per heavy atom. The summed E-state index contributed by atoms with van der Waals surface area (Å²) >= 11 is 8.11. The molecule has 0 bridgehead atoms. The molecule has 0 amide bonds. The van der Waals surface area contributed by atoms with Gasteiger partial charge in [-0.05, 0) is 43.3 Å². The SMILES string of the molecule is C#CN1CCN(CCCN2c3ccccc3Sc3ccc(Cl)cc32)CC1. The third-order valence-corrected chi connectivity index (χ3v) is 6.36. The molecule has 3 nitrogen and oxygen atoms in total. The first-order chi connectivity index (χ1) is 12.7. The standard InChI is InChI=1S/C21H22ClN3S/c1-2-23-12-14-24(15-13-23)10-5-11-25-18-6-3-4-7-20(18)26-21-9-8-17(22)16-19(21)25/h1,3-4,6-9,16H,5,10-15H2. The van der Waals surface area contributed by atoms with Gasteiger partial charge in [0.25, 0.3) is 0 Å². The first kappa shape index (κ1) is 17.6. The van der Waals surface area contributed by atoms with Crippen LogP contribution in [0.15, 0.2) is 52.3 Å². The normalized spacial score (nSPS) is 16.8. The highest BCUT2D eigenvalue weighted by atomic mass is 35.5. The average molecular weight is 384 g/mol. The Kier molecular flexibility index (Phi) is 5.31. The summed E-state index contributed by atoms with van der Waals surface area (Å²) in [6.45, 7) is 6.13. The van der Waals surface area contributed by atoms with Crippen molar-refractivity contribution in [3.8, 4) is 12.5 Å². The van der Waals surface area contributed by atoms with E-state index in [2.05, 4.69) is 57.1 Å². The van der Waals surface area contributed by atoms with Crippen molar-refractivity contribution in [2.24, 2.45) is 0 Å². The summed E-state index contributed by atoms with van der Waals surface area (Å²) in [5, 5.41) is 0.791. The summed E-state index contributed by atoms with van der Waals surface area (Å²) < 4.78 is 0. The number of fused-ring (bicyclic) bond motifs is 2. The van der Waals surface area contributed by atoms with Crippen LogP contribution in [0, 0.1) is 12.5 Å². The van der Waals surface area contributed by atoms with Crippen LogP contribution >= 0.6 is 23.4 Å². The van der Waals surface area contributed by atoms with Crippen molar-refractivity contribution in [3.05, 3.63) is 47.5 Å². The van der Waals surface area contributed by atoms with Gasteiger partial charge in [-0.1, -0.05) is 41.9 Å². The van der Waals surface area contributed by atoms with Crippen molar-refractivity contribution in [1.29, 1.82) is 0 Å². The summed E-state index contributed by atoms with van der Waals surface area (Å²) in [6.07, 6.45) is 6.60. The molecule has 0 unspecified atom stereocenters. The number of halogens is 1. The molecule has 0 N–H and O–H groups in total. The molecule has 2 aromatic rings. The molecule has 134 valence electrons. The van der Waals surface area contributed by atoms with Crippen molar-refractivity contribution in [2.45, 2.75) is 16.2 Å². The monoisotopic (exact) mass is 383 g/mol. The van der Waals surface area contributed by atoms with Crippen LogP contribution in [-0.2, 0) is 0 Å². The van der Waals surface area contributed by atoms with Crippen molar-refractivity contribution >= 4 is 34.7 Å². The lowest BCUT2D eigenvalue weighted by molar-refractivity contribution is 0.175. The van der Waals surface area contributed by atoms with Crippen molar-refractivity contribution in [2.75, 3.05) is 44.2 Å². The minimum absolute atomic E-state index is 0.791. The number of rotatable bonds is 4. The molecule has 2 aliphatic rings. The van der Waals surface area contributed by atoms with Crippen LogP contribution in [0.3, 0.4) is 0 Å². The summed E-state index contributed by atoms with van der Waals surface area (Å²) in [7, 11) is 0. The number of nitrogens with zero attached hydrogens (tertiary/aromatic N) is 3. The Balaban J connectivity index is 1.46. The molecular formula is C21H22ClN3S. The molecule has 2 aliphatic heterocycles. The van der Waals surface area contributed by atoms with Crippen LogP contribution < -0.4 is 4.90 Å². The van der Waals surface area contributed by atoms with E-state index in [1.165, 1.54) is 21.2 Å². The van der Waals surface area contributed by atoms with Gasteiger partial charge in [0, 0.05) is 53.6 Å². The molecule has 0 aliphatic carbocycles. The fourth-order valence-electron chi connectivity index (χ4n) is 3.60. The number of anilines is 2. The zero-order valence-electron chi connectivity index (χ0n) is 14.7. The van der Waals surface area contributed by atoms with Crippen molar-refractivity contribution < 1.29 is 0 Å². The Bertz CT molecular complexity index is 824. The zero-order chi connectivity index (χ0) is 17.9. The second kappa shape index (κ2) is 7.84. The molecule has 0 spiro atoms. The minimum Gasteiger partial charge on any atom is -0.340 e. The molecule has 2 heterocycles. The van der Waals surface area contributed by atoms with Gasteiger partial charge in [0.1, 0.15) is 0 Å². The minimum atomic E-state index is 0.791. The maximum atomic E-state index is 6.29. The van der Waals surface area contributed by atoms with Crippen LogP contribution in [0.1, 0.15) is 6.42 Å². The molecule has 1 fully saturated rings. The molecule has 0 radical (unpaired) electrons. The van der Waals surface area contributed by atoms with Gasteiger partial charge in [-0.25, -0.2) is 0 Å². The number of para-hydroxylation sites is 1. The zero-order valence-corrected chi connectivity index (χ0v) is 16.3. The summed E-state index contributed by atoms with van der Waals surface area (Å²) in [6, 6.07) is 17.6. The van der Waals surface area contributed by atoms with E-state index >= 15 is 0 Å². The van der Waals surface area contributed by atoms with Gasteiger partial charge in [-0.15, -0.1) is 0 Å². The topological polar surface area (TPSA) is 9.72 Å². The summed E-state index contributed by atoms with van der Waals surface area (Å²) in [5.41, 5.74) is 2.50. The van der Waals surface area contributed by atoms with E-state index in [0.717, 1.165) is 50.7 Å². The van der Waals surface area contributed by atoms with Crippen LogP contribution in [0.2, 0.25) is 5.02 Å². The number of piperazine rings is 1. The molecule has 4 rings (SSSR count). The van der Waals surface area contributed by atoms with Gasteiger partial charge in [0.2, 0.25) is 0 Å². The number of hydrogen-bond acceptors (Lipinski definition) is 4. The molecule has 0 aromatic heterocycles. The maximum Gasteiger partial charge on any atom is 0.0567 e. The maximum absolute atomic E-state index is 6.29. The van der Waals surface area contributed by atoms with E-state index in [-0.39, 0.29) is 0 Å². The Labute approximate surface area is 164 Å². The average Bonchev–Trinajstić information content (AvgIpc) is 2.68. The molecule has 26 heavy (non-hydrogen) atoms. The van der Waals surface area contributed by atoms with Gasteiger partial charge < -0.3 is 9.80 Å². The predicted octanol–water partition coefficient (Wildman–Crippen LogP) is 4.54. The van der Waals surface area contributed by atoms with E-state index in [0.29, 0.717) is 0 Å². The van der Waals surface area contributed by atoms with Gasteiger partial charge in [-0.3, -0.25) is 4.90 Å². The van der Waals surface area contributed by atoms with Gasteiger partial charge in [0.05, 0.1) is 11.4 Å². The molecular weight excluding hydrogens is 362 g/mol. The molecule has 0 atom stereocenters. The Hall–Kier alpha value is -1.80. The lowest BCUT2D eigenvalue weighted by Crippen LogP contribution is -2.44. The smallest absolute Gasteiger partial charge is 0.0567 e. The summed E-state index contributed by atoms with van der Waals surface area (Å²) in [5.74, 6) is 0. The second-order valence-corrected chi connectivity index (χ2v) is 8.17. The van der Waals surface area contributed by atoms with E-state index in [4.69, 9.17) is 18.0 Å². The van der Waals surface area contributed by atoms with Gasteiger partial charge in [0.15, 0.2) is 0 Å². The Morgan fingerprint density at radius 1 is 0.962 bits per heavy atom. The molecule has 1 saturated heterocycles. The quantitative estimate of drug-likeness (QED) is 0.716. The summed E-state index contributed by atoms with van der Waals surface area (Å²) in [4.78, 5) is 9.58. The van der Waals surface area contributed by atoms with Crippen LogP contribution in [0.25, 0.3) is 0 Å². The van der Waals surface area contributed by atoms with E-state index in [9.17, 15) is 0 Å². The van der Waals surface area contributed by atoms with E-state index in [1.54, 1.807) is 0 Å². The largest absolute Gasteiger partial charge is 0.340 e. The number of terminal acetylenes is 1. The fraction of sp³-hybridized carbons (Fsp3) is 0.333. The number of hydrogen-bond donors (Lipinski definition) is 0. The van der Waals surface area contributed by atoms with Crippen molar-refractivity contribution in [1.82, 2.24) is 9.80 Å². The fourth-order valence-corrected chi connectivity index (χ4v) is 4.84. The van der Waals surface area contributed by atoms with Crippen LogP contribution in [-0.4, -0.2) is 49.1 Å². The van der Waals surface area contributed by atoms with E-state index in [1.807, 2.05) is 17.8 Å². The second-order valence-electron chi connectivity index (χ2n) is 6.64. The molecule has 2 aromatic carbocycles. The third-order valence-electron chi connectivity index (χ3n) is 5.00. The number of benzene rings is 2. The lowest BCUT2D eigenvalue weighted by Gasteiger charge is -2.35.